The molecule has 0 unspecified atom stereocenters. The Morgan fingerprint density at radius 2 is 1.50 bits per heavy atom. The zero-order chi connectivity index (χ0) is 14.2. The van der Waals surface area contributed by atoms with Crippen molar-refractivity contribution in [3.8, 4) is 0 Å². The van der Waals surface area contributed by atoms with E-state index in [1.165, 1.54) is 77.7 Å². The van der Waals surface area contributed by atoms with Gasteiger partial charge in [0, 0.05) is 13.7 Å². The van der Waals surface area contributed by atoms with Crippen molar-refractivity contribution >= 4 is 0 Å². The molecule has 0 aromatic carbocycles. The molecule has 2 fully saturated rings. The van der Waals surface area contributed by atoms with Gasteiger partial charge in [0.2, 0.25) is 0 Å². The lowest BCUT2D eigenvalue weighted by Gasteiger charge is -2.34. The van der Waals surface area contributed by atoms with Gasteiger partial charge < -0.3 is 14.5 Å². The highest BCUT2D eigenvalue weighted by Crippen LogP contribution is 2.24. The van der Waals surface area contributed by atoms with Gasteiger partial charge in [-0.3, -0.25) is 0 Å². The Morgan fingerprint density at radius 3 is 2.15 bits per heavy atom. The normalized spacial score (nSPS) is 24.3. The van der Waals surface area contributed by atoms with Crippen LogP contribution in [0.3, 0.4) is 0 Å². The second kappa shape index (κ2) is 9.01. The molecule has 0 N–H and O–H groups in total. The molecule has 0 aromatic rings. The molecule has 0 radical (unpaired) electrons. The maximum atomic E-state index is 5.15. The Bertz CT molecular complexity index is 243. The van der Waals surface area contributed by atoms with Crippen LogP contribution in [0.5, 0.6) is 0 Å². The third-order valence-electron chi connectivity index (χ3n) is 5.36. The molecule has 2 aliphatic heterocycles. The third-order valence-corrected chi connectivity index (χ3v) is 5.36. The quantitative estimate of drug-likeness (QED) is 0.668. The third kappa shape index (κ3) is 5.71. The average Bonchev–Trinajstić information content (AvgIpc) is 2.48. The van der Waals surface area contributed by atoms with Crippen LogP contribution in [0, 0.1) is 11.8 Å². The van der Waals surface area contributed by atoms with Gasteiger partial charge in [-0.2, -0.15) is 0 Å². The molecule has 2 heterocycles. The molecular formula is C17H34N2O. The van der Waals surface area contributed by atoms with Gasteiger partial charge in [0.1, 0.15) is 0 Å². The summed E-state index contributed by atoms with van der Waals surface area (Å²) >= 11 is 0. The summed E-state index contributed by atoms with van der Waals surface area (Å²) in [5.74, 6) is 1.95. The number of hydrogen-bond donors (Lipinski definition) is 0. The molecule has 118 valence electrons. The second-order valence-corrected chi connectivity index (χ2v) is 6.96. The van der Waals surface area contributed by atoms with Gasteiger partial charge >= 0.3 is 0 Å². The smallest absolute Gasteiger partial charge is 0.0462 e. The van der Waals surface area contributed by atoms with E-state index in [0.717, 1.165) is 18.4 Å². The van der Waals surface area contributed by atoms with Crippen molar-refractivity contribution in [2.45, 2.75) is 44.9 Å². The van der Waals surface area contributed by atoms with Crippen LogP contribution in [-0.2, 0) is 4.74 Å². The average molecular weight is 282 g/mol. The Labute approximate surface area is 125 Å². The fourth-order valence-corrected chi connectivity index (χ4v) is 3.73. The first-order valence-corrected chi connectivity index (χ1v) is 8.67. The first kappa shape index (κ1) is 16.3. The highest BCUT2D eigenvalue weighted by Gasteiger charge is 2.21. The summed E-state index contributed by atoms with van der Waals surface area (Å²) in [7, 11) is 4.07. The maximum Gasteiger partial charge on any atom is 0.0462 e. The topological polar surface area (TPSA) is 15.7 Å². The lowest BCUT2D eigenvalue weighted by atomic mass is 9.90. The summed E-state index contributed by atoms with van der Waals surface area (Å²) in [5.41, 5.74) is 0. The highest BCUT2D eigenvalue weighted by atomic mass is 16.5. The van der Waals surface area contributed by atoms with Crippen molar-refractivity contribution in [3.05, 3.63) is 0 Å². The number of nitrogens with zero attached hydrogens (tertiary/aromatic N) is 2. The van der Waals surface area contributed by atoms with Gasteiger partial charge in [0.05, 0.1) is 0 Å². The second-order valence-electron chi connectivity index (χ2n) is 6.96. The highest BCUT2D eigenvalue weighted by molar-refractivity contribution is 4.75. The Hall–Kier alpha value is -0.120. The van der Waals surface area contributed by atoms with Crippen molar-refractivity contribution in [2.24, 2.45) is 11.8 Å². The fourth-order valence-electron chi connectivity index (χ4n) is 3.73. The van der Waals surface area contributed by atoms with Crippen LogP contribution in [0.15, 0.2) is 0 Å². The largest absolute Gasteiger partial charge is 0.385 e. The minimum Gasteiger partial charge on any atom is -0.385 e. The fraction of sp³-hybridized carbons (Fsp3) is 1.00. The first-order valence-electron chi connectivity index (χ1n) is 8.67. The number of ether oxygens (including phenoxy) is 1. The van der Waals surface area contributed by atoms with Gasteiger partial charge in [-0.25, -0.2) is 0 Å². The summed E-state index contributed by atoms with van der Waals surface area (Å²) < 4.78 is 5.15. The van der Waals surface area contributed by atoms with E-state index in [1.54, 1.807) is 0 Å². The zero-order valence-electron chi connectivity index (χ0n) is 13.6. The summed E-state index contributed by atoms with van der Waals surface area (Å²) in [5, 5.41) is 0. The molecule has 3 heteroatoms. The van der Waals surface area contributed by atoms with Crippen molar-refractivity contribution in [2.75, 3.05) is 53.5 Å². The van der Waals surface area contributed by atoms with Gasteiger partial charge in [0.25, 0.3) is 0 Å². The van der Waals surface area contributed by atoms with Gasteiger partial charge in [-0.15, -0.1) is 0 Å². The van der Waals surface area contributed by atoms with Crippen LogP contribution >= 0.6 is 0 Å². The number of hydrogen-bond acceptors (Lipinski definition) is 3. The minimum absolute atomic E-state index is 0.941. The molecule has 0 aliphatic carbocycles. The molecule has 0 spiro atoms. The van der Waals surface area contributed by atoms with E-state index < -0.39 is 0 Å². The van der Waals surface area contributed by atoms with Crippen LogP contribution in [0.4, 0.5) is 0 Å². The van der Waals surface area contributed by atoms with Crippen LogP contribution in [0.2, 0.25) is 0 Å². The predicted molar refractivity (Wildman–Crippen MR) is 85.1 cm³/mol. The Morgan fingerprint density at radius 1 is 0.900 bits per heavy atom. The SMILES string of the molecule is COCCCC1CCN(CCC2CCN(C)CC2)CC1. The van der Waals surface area contributed by atoms with Crippen LogP contribution < -0.4 is 0 Å². The maximum absolute atomic E-state index is 5.15. The molecule has 20 heavy (non-hydrogen) atoms. The first-order chi connectivity index (χ1) is 9.78. The predicted octanol–water partition coefficient (Wildman–Crippen LogP) is 2.86. The minimum atomic E-state index is 0.941. The van der Waals surface area contributed by atoms with E-state index in [0.29, 0.717) is 0 Å². The summed E-state index contributed by atoms with van der Waals surface area (Å²) in [6.07, 6.45) is 9.72. The van der Waals surface area contributed by atoms with Gasteiger partial charge in [-0.05, 0) is 96.6 Å². The molecule has 0 saturated carbocycles. The van der Waals surface area contributed by atoms with E-state index >= 15 is 0 Å². The molecule has 0 aromatic heterocycles. The van der Waals surface area contributed by atoms with Gasteiger partial charge in [-0.1, -0.05) is 0 Å². The van der Waals surface area contributed by atoms with Crippen LogP contribution in [0.25, 0.3) is 0 Å². The van der Waals surface area contributed by atoms with Crippen LogP contribution in [0.1, 0.15) is 44.9 Å². The molecule has 2 aliphatic rings. The summed E-state index contributed by atoms with van der Waals surface area (Å²) in [6.45, 7) is 7.59. The lowest BCUT2D eigenvalue weighted by Crippen LogP contribution is -2.36. The van der Waals surface area contributed by atoms with Crippen molar-refractivity contribution in [3.63, 3.8) is 0 Å². The Kier molecular flexibility index (Phi) is 7.32. The molecule has 2 saturated heterocycles. The van der Waals surface area contributed by atoms with E-state index in [-0.39, 0.29) is 0 Å². The van der Waals surface area contributed by atoms with Crippen molar-refractivity contribution < 1.29 is 4.74 Å². The number of rotatable bonds is 7. The van der Waals surface area contributed by atoms with E-state index in [9.17, 15) is 0 Å². The monoisotopic (exact) mass is 282 g/mol. The number of likely N-dealkylation sites (tertiary alicyclic amines) is 2. The van der Waals surface area contributed by atoms with Crippen molar-refractivity contribution in [1.82, 2.24) is 9.80 Å². The lowest BCUT2D eigenvalue weighted by molar-refractivity contribution is 0.140. The van der Waals surface area contributed by atoms with Gasteiger partial charge in [0.15, 0.2) is 0 Å². The number of methoxy groups -OCH3 is 1. The molecule has 0 atom stereocenters. The van der Waals surface area contributed by atoms with E-state index in [2.05, 4.69) is 16.8 Å². The van der Waals surface area contributed by atoms with Crippen LogP contribution in [-0.4, -0.2) is 63.3 Å². The van der Waals surface area contributed by atoms with E-state index in [1.807, 2.05) is 7.11 Å². The summed E-state index contributed by atoms with van der Waals surface area (Å²) in [6, 6.07) is 0. The molecule has 3 nitrogen and oxygen atoms in total. The molecule has 2 rings (SSSR count). The number of piperidine rings is 2. The Balaban J connectivity index is 1.53. The summed E-state index contributed by atoms with van der Waals surface area (Å²) in [4.78, 5) is 5.19. The van der Waals surface area contributed by atoms with Crippen molar-refractivity contribution in [1.29, 1.82) is 0 Å². The van der Waals surface area contributed by atoms with E-state index in [4.69, 9.17) is 4.74 Å². The molecule has 0 amide bonds. The molecule has 0 bridgehead atoms. The zero-order valence-corrected chi connectivity index (χ0v) is 13.6. The standard InChI is InChI=1S/C17H34N2O/c1-18-10-5-17(6-11-18)9-14-19-12-7-16(8-13-19)4-3-15-20-2/h16-17H,3-15H2,1-2H3. The molecular weight excluding hydrogens is 248 g/mol.